The van der Waals surface area contributed by atoms with Gasteiger partial charge in [0.1, 0.15) is 5.75 Å². The molecule has 8 heteroatoms. The highest BCUT2D eigenvalue weighted by Gasteiger charge is 2.17. The van der Waals surface area contributed by atoms with E-state index in [1.54, 1.807) is 31.4 Å². The molecule has 0 radical (unpaired) electrons. The van der Waals surface area contributed by atoms with Crippen molar-refractivity contribution in [2.75, 3.05) is 20.7 Å². The van der Waals surface area contributed by atoms with Gasteiger partial charge in [-0.1, -0.05) is 12.1 Å². The summed E-state index contributed by atoms with van der Waals surface area (Å²) in [7, 11) is -0.624. The second-order valence-corrected chi connectivity index (χ2v) is 6.37. The number of nitrogens with one attached hydrogen (secondary N) is 1. The molecule has 0 saturated heterocycles. The molecule has 0 aliphatic rings. The molecule has 7 nitrogen and oxygen atoms in total. The van der Waals surface area contributed by atoms with Gasteiger partial charge in [0, 0.05) is 26.6 Å². The zero-order chi connectivity index (χ0) is 15.9. The van der Waals surface area contributed by atoms with Crippen LogP contribution in [-0.2, 0) is 21.5 Å². The Morgan fingerprint density at radius 2 is 2.14 bits per heavy atom. The van der Waals surface area contributed by atoms with Crippen molar-refractivity contribution in [2.24, 2.45) is 0 Å². The fraction of sp³-hybridized carbons (Fsp3) is 0.462. The van der Waals surface area contributed by atoms with Crippen LogP contribution in [0.5, 0.6) is 5.75 Å². The highest BCUT2D eigenvalue weighted by molar-refractivity contribution is 7.87. The van der Waals surface area contributed by atoms with Crippen molar-refractivity contribution < 1.29 is 23.1 Å². The van der Waals surface area contributed by atoms with Crippen molar-refractivity contribution in [1.82, 2.24) is 9.03 Å². The second kappa shape index (κ2) is 7.96. The maximum atomic E-state index is 12.0. The van der Waals surface area contributed by atoms with Crippen LogP contribution in [0.25, 0.3) is 0 Å². The minimum absolute atomic E-state index is 0.0673. The molecule has 1 aromatic carbocycles. The van der Waals surface area contributed by atoms with E-state index in [1.165, 1.54) is 11.4 Å². The van der Waals surface area contributed by atoms with Crippen molar-refractivity contribution >= 4 is 16.2 Å². The highest BCUT2D eigenvalue weighted by Crippen LogP contribution is 2.14. The van der Waals surface area contributed by atoms with Gasteiger partial charge < -0.3 is 9.84 Å². The van der Waals surface area contributed by atoms with Gasteiger partial charge in [-0.15, -0.1) is 0 Å². The third-order valence-electron chi connectivity index (χ3n) is 2.80. The Balaban J connectivity index is 2.55. The molecule has 0 fully saturated rings. The van der Waals surface area contributed by atoms with E-state index >= 15 is 0 Å². The van der Waals surface area contributed by atoms with Gasteiger partial charge in [0.2, 0.25) is 0 Å². The molecule has 0 amide bonds. The number of carbonyl (C=O) groups is 1. The molecule has 0 bridgehead atoms. The first-order chi connectivity index (χ1) is 9.85. The Morgan fingerprint density at radius 1 is 1.43 bits per heavy atom. The van der Waals surface area contributed by atoms with Gasteiger partial charge in [-0.25, -0.2) is 4.72 Å². The third-order valence-corrected chi connectivity index (χ3v) is 4.32. The molecule has 1 aromatic rings. The Hall–Kier alpha value is -1.64. The van der Waals surface area contributed by atoms with Gasteiger partial charge in [-0.2, -0.15) is 12.7 Å². The quantitative estimate of drug-likeness (QED) is 0.658. The number of carboxylic acids is 1. The lowest BCUT2D eigenvalue weighted by Crippen LogP contribution is -2.38. The number of hydrogen-bond donors (Lipinski definition) is 2. The number of aliphatic carboxylic acids is 1. The van der Waals surface area contributed by atoms with Gasteiger partial charge in [0.05, 0.1) is 7.11 Å². The van der Waals surface area contributed by atoms with E-state index in [0.717, 1.165) is 5.56 Å². The Morgan fingerprint density at radius 3 is 2.76 bits per heavy atom. The number of methoxy groups -OCH3 is 1. The van der Waals surface area contributed by atoms with Gasteiger partial charge in [0.25, 0.3) is 10.2 Å². The minimum Gasteiger partial charge on any atom is -0.497 e. The molecule has 1 rings (SSSR count). The zero-order valence-electron chi connectivity index (χ0n) is 12.1. The lowest BCUT2D eigenvalue weighted by atomic mass is 10.2. The van der Waals surface area contributed by atoms with Crippen molar-refractivity contribution in [2.45, 2.75) is 19.4 Å². The maximum absolute atomic E-state index is 12.0. The number of rotatable bonds is 9. The minimum atomic E-state index is -3.63. The molecule has 0 heterocycles. The van der Waals surface area contributed by atoms with E-state index in [4.69, 9.17) is 9.84 Å². The SMILES string of the molecule is COc1cccc(CN(C)S(=O)(=O)NCCCC(=O)O)c1. The molecule has 118 valence electrons. The Labute approximate surface area is 124 Å². The van der Waals surface area contributed by atoms with Crippen molar-refractivity contribution in [1.29, 1.82) is 0 Å². The van der Waals surface area contributed by atoms with Crippen LogP contribution in [0.2, 0.25) is 0 Å². The Kier molecular flexibility index (Phi) is 6.60. The largest absolute Gasteiger partial charge is 0.497 e. The smallest absolute Gasteiger partial charge is 0.303 e. The summed E-state index contributed by atoms with van der Waals surface area (Å²) < 4.78 is 32.6. The fourth-order valence-corrected chi connectivity index (χ4v) is 2.61. The van der Waals surface area contributed by atoms with Crippen molar-refractivity contribution in [3.05, 3.63) is 29.8 Å². The number of carboxylic acid groups (broad SMARTS) is 1. The standard InChI is InChI=1S/C13H20N2O5S/c1-15(10-11-5-3-6-12(9-11)20-2)21(18,19)14-8-4-7-13(16)17/h3,5-6,9,14H,4,7-8,10H2,1-2H3,(H,16,17). The predicted molar refractivity (Wildman–Crippen MR) is 78.3 cm³/mol. The first kappa shape index (κ1) is 17.4. The monoisotopic (exact) mass is 316 g/mol. The van der Waals surface area contributed by atoms with Crippen LogP contribution < -0.4 is 9.46 Å². The second-order valence-electron chi connectivity index (χ2n) is 4.50. The molecule has 0 unspecified atom stereocenters. The average Bonchev–Trinajstić information content (AvgIpc) is 2.43. The number of benzene rings is 1. The van der Waals surface area contributed by atoms with Crippen LogP contribution in [0.3, 0.4) is 0 Å². The van der Waals surface area contributed by atoms with E-state index in [9.17, 15) is 13.2 Å². The summed E-state index contributed by atoms with van der Waals surface area (Å²) in [6, 6.07) is 7.13. The molecule has 2 N–H and O–H groups in total. The van der Waals surface area contributed by atoms with Crippen LogP contribution in [0.1, 0.15) is 18.4 Å². The molecular formula is C13H20N2O5S. The molecule has 0 atom stereocenters. The molecule has 0 spiro atoms. The van der Waals surface area contributed by atoms with Gasteiger partial charge >= 0.3 is 5.97 Å². The maximum Gasteiger partial charge on any atom is 0.303 e. The third kappa shape index (κ3) is 6.11. The lowest BCUT2D eigenvalue weighted by Gasteiger charge is -2.18. The zero-order valence-corrected chi connectivity index (χ0v) is 12.9. The molecule has 21 heavy (non-hydrogen) atoms. The topological polar surface area (TPSA) is 95.9 Å². The van der Waals surface area contributed by atoms with Crippen molar-refractivity contribution in [3.63, 3.8) is 0 Å². The van der Waals surface area contributed by atoms with E-state index in [0.29, 0.717) is 5.75 Å². The molecule has 0 aliphatic carbocycles. The fourth-order valence-electron chi connectivity index (χ4n) is 1.66. The molecule has 0 aromatic heterocycles. The van der Waals surface area contributed by atoms with Crippen LogP contribution in [-0.4, -0.2) is 44.5 Å². The average molecular weight is 316 g/mol. The highest BCUT2D eigenvalue weighted by atomic mass is 32.2. The van der Waals surface area contributed by atoms with E-state index in [-0.39, 0.29) is 25.9 Å². The molecule has 0 saturated carbocycles. The number of nitrogens with zero attached hydrogens (tertiary/aromatic N) is 1. The van der Waals surface area contributed by atoms with Gasteiger partial charge in [-0.3, -0.25) is 4.79 Å². The first-order valence-electron chi connectivity index (χ1n) is 6.41. The number of ether oxygens (including phenoxy) is 1. The lowest BCUT2D eigenvalue weighted by molar-refractivity contribution is -0.137. The first-order valence-corrected chi connectivity index (χ1v) is 7.85. The van der Waals surface area contributed by atoms with E-state index < -0.39 is 16.2 Å². The van der Waals surface area contributed by atoms with E-state index in [2.05, 4.69) is 4.72 Å². The van der Waals surface area contributed by atoms with Gasteiger partial charge in [-0.05, 0) is 24.1 Å². The number of hydrogen-bond acceptors (Lipinski definition) is 4. The van der Waals surface area contributed by atoms with Gasteiger partial charge in [0.15, 0.2) is 0 Å². The molecule has 0 aliphatic heterocycles. The summed E-state index contributed by atoms with van der Waals surface area (Å²) in [5.74, 6) is -0.286. The summed E-state index contributed by atoms with van der Waals surface area (Å²) in [6.45, 7) is 0.294. The van der Waals surface area contributed by atoms with Crippen LogP contribution in [0.4, 0.5) is 0 Å². The summed E-state index contributed by atoms with van der Waals surface area (Å²) >= 11 is 0. The van der Waals surface area contributed by atoms with E-state index in [1.807, 2.05) is 0 Å². The summed E-state index contributed by atoms with van der Waals surface area (Å²) in [5, 5.41) is 8.50. The predicted octanol–water partition coefficient (Wildman–Crippen LogP) is 0.826. The normalized spacial score (nSPS) is 11.6. The van der Waals surface area contributed by atoms with Crippen LogP contribution in [0, 0.1) is 0 Å². The van der Waals surface area contributed by atoms with Crippen LogP contribution >= 0.6 is 0 Å². The summed E-state index contributed by atoms with van der Waals surface area (Å²) in [4.78, 5) is 10.4. The van der Waals surface area contributed by atoms with Crippen molar-refractivity contribution in [3.8, 4) is 5.75 Å². The summed E-state index contributed by atoms with van der Waals surface area (Å²) in [6.07, 6.45) is 0.184. The Bertz CT molecular complexity index is 574. The van der Waals surface area contributed by atoms with Crippen LogP contribution in [0.15, 0.2) is 24.3 Å². The molecular weight excluding hydrogens is 296 g/mol. The summed E-state index contributed by atoms with van der Waals surface area (Å²) in [5.41, 5.74) is 0.799.